The zero-order chi connectivity index (χ0) is 24.9. The second-order valence-corrected chi connectivity index (χ2v) is 10.1. The van der Waals surface area contributed by atoms with Gasteiger partial charge in [-0.3, -0.25) is 19.2 Å². The predicted octanol–water partition coefficient (Wildman–Crippen LogP) is 5.27. The van der Waals surface area contributed by atoms with E-state index in [1.807, 2.05) is 28.8 Å². The number of carbonyl (C=O) groups excluding carboxylic acids is 1. The summed E-state index contributed by atoms with van der Waals surface area (Å²) in [6.07, 6.45) is 6.05. The Morgan fingerprint density at radius 3 is 2.42 bits per heavy atom. The third-order valence-electron chi connectivity index (χ3n) is 6.50. The van der Waals surface area contributed by atoms with Crippen molar-refractivity contribution in [3.63, 3.8) is 0 Å². The summed E-state index contributed by atoms with van der Waals surface area (Å²) in [5.74, 6) is 0.874. The molecule has 0 atom stereocenters. The van der Waals surface area contributed by atoms with Crippen molar-refractivity contribution in [3.05, 3.63) is 83.7 Å². The molecule has 0 unspecified atom stereocenters. The van der Waals surface area contributed by atoms with Crippen molar-refractivity contribution >= 4 is 23.4 Å². The molecule has 36 heavy (non-hydrogen) atoms. The molecule has 1 N–H and O–H groups in total. The molecule has 0 bridgehead atoms. The molecule has 3 heterocycles. The molecular formula is C28H30N6OS. The highest BCUT2D eigenvalue weighted by atomic mass is 32.2. The molecule has 1 aliphatic heterocycles. The number of nitrogens with zero attached hydrogens (tertiary/aromatic N) is 5. The van der Waals surface area contributed by atoms with Crippen LogP contribution in [0.4, 0.5) is 5.69 Å². The van der Waals surface area contributed by atoms with E-state index in [0.717, 1.165) is 29.3 Å². The molecule has 0 saturated carbocycles. The highest BCUT2D eigenvalue weighted by Gasteiger charge is 2.18. The fourth-order valence-electron chi connectivity index (χ4n) is 4.37. The summed E-state index contributed by atoms with van der Waals surface area (Å²) < 4.78 is 2.01. The molecule has 0 spiro atoms. The van der Waals surface area contributed by atoms with E-state index in [2.05, 4.69) is 69.6 Å². The fourth-order valence-corrected chi connectivity index (χ4v) is 5.12. The lowest BCUT2D eigenvalue weighted by atomic mass is 10.1. The van der Waals surface area contributed by atoms with Gasteiger partial charge in [-0.15, -0.1) is 10.2 Å². The third kappa shape index (κ3) is 5.66. The number of rotatable bonds is 8. The van der Waals surface area contributed by atoms with E-state index >= 15 is 0 Å². The van der Waals surface area contributed by atoms with Crippen LogP contribution in [0.3, 0.4) is 0 Å². The van der Waals surface area contributed by atoms with Crippen molar-refractivity contribution in [2.75, 3.05) is 24.2 Å². The average molecular weight is 499 g/mol. The number of hydrogen-bond acceptors (Lipinski definition) is 6. The Labute approximate surface area is 216 Å². The van der Waals surface area contributed by atoms with Crippen LogP contribution in [0, 0.1) is 13.8 Å². The van der Waals surface area contributed by atoms with Gasteiger partial charge >= 0.3 is 0 Å². The minimum Gasteiger partial charge on any atom is -0.325 e. The first kappa shape index (κ1) is 24.2. The summed E-state index contributed by atoms with van der Waals surface area (Å²) in [7, 11) is 0. The van der Waals surface area contributed by atoms with E-state index in [9.17, 15) is 4.79 Å². The average Bonchev–Trinajstić information content (AvgIpc) is 3.56. The summed E-state index contributed by atoms with van der Waals surface area (Å²) in [4.78, 5) is 19.4. The zero-order valence-electron chi connectivity index (χ0n) is 20.6. The number of hydrogen-bond donors (Lipinski definition) is 1. The highest BCUT2D eigenvalue weighted by molar-refractivity contribution is 7.99. The maximum atomic E-state index is 12.8. The van der Waals surface area contributed by atoms with E-state index < -0.39 is 0 Å². The third-order valence-corrected chi connectivity index (χ3v) is 7.42. The molecule has 2 aromatic heterocycles. The standard InChI is InChI=1S/C28H30N6OS/c1-20-5-10-25(17-21(20)2)34-27(23-11-13-29-14-12-23)31-32-28(34)36-19-26(35)30-24-8-6-22(7-9-24)18-33-15-3-4-16-33/h5-14,17H,3-4,15-16,18-19H2,1-2H3,(H,30,35). The molecule has 184 valence electrons. The molecule has 5 rings (SSSR count). The van der Waals surface area contributed by atoms with Crippen molar-refractivity contribution < 1.29 is 4.79 Å². The van der Waals surface area contributed by atoms with Gasteiger partial charge in [0.1, 0.15) is 0 Å². The van der Waals surface area contributed by atoms with Crippen LogP contribution in [0.2, 0.25) is 0 Å². The Morgan fingerprint density at radius 1 is 0.944 bits per heavy atom. The van der Waals surface area contributed by atoms with Gasteiger partial charge in [-0.25, -0.2) is 0 Å². The van der Waals surface area contributed by atoms with Crippen molar-refractivity contribution in [1.82, 2.24) is 24.6 Å². The Bertz CT molecular complexity index is 1330. The molecule has 1 fully saturated rings. The van der Waals surface area contributed by atoms with Gasteiger partial charge in [0.2, 0.25) is 5.91 Å². The van der Waals surface area contributed by atoms with E-state index in [4.69, 9.17) is 0 Å². The number of thioether (sulfide) groups is 1. The number of carbonyl (C=O) groups is 1. The SMILES string of the molecule is Cc1ccc(-n2c(SCC(=O)Nc3ccc(CN4CCCC4)cc3)nnc2-c2ccncc2)cc1C. The van der Waals surface area contributed by atoms with E-state index in [1.165, 1.54) is 54.4 Å². The van der Waals surface area contributed by atoms with Crippen LogP contribution >= 0.6 is 11.8 Å². The maximum Gasteiger partial charge on any atom is 0.234 e. The van der Waals surface area contributed by atoms with Gasteiger partial charge < -0.3 is 5.32 Å². The summed E-state index contributed by atoms with van der Waals surface area (Å²) in [6.45, 7) is 7.49. The first-order valence-electron chi connectivity index (χ1n) is 12.2. The van der Waals surface area contributed by atoms with Crippen LogP contribution in [0.15, 0.2) is 72.1 Å². The summed E-state index contributed by atoms with van der Waals surface area (Å²) in [5, 5.41) is 12.6. The molecule has 0 radical (unpaired) electrons. The number of anilines is 1. The van der Waals surface area contributed by atoms with Crippen LogP contribution in [0.5, 0.6) is 0 Å². The molecule has 0 aliphatic carbocycles. The highest BCUT2D eigenvalue weighted by Crippen LogP contribution is 2.29. The van der Waals surface area contributed by atoms with Gasteiger partial charge in [0.05, 0.1) is 11.4 Å². The van der Waals surface area contributed by atoms with Crippen LogP contribution < -0.4 is 5.32 Å². The molecule has 8 heteroatoms. The van der Waals surface area contributed by atoms with E-state index in [0.29, 0.717) is 5.16 Å². The molecule has 4 aromatic rings. The van der Waals surface area contributed by atoms with Crippen molar-refractivity contribution in [2.45, 2.75) is 38.4 Å². The Kier molecular flexibility index (Phi) is 7.44. The Morgan fingerprint density at radius 2 is 1.69 bits per heavy atom. The molecule has 1 saturated heterocycles. The zero-order valence-corrected chi connectivity index (χ0v) is 21.5. The second kappa shape index (κ2) is 11.1. The molecule has 1 amide bonds. The van der Waals surface area contributed by atoms with Gasteiger partial charge in [-0.1, -0.05) is 30.0 Å². The number of likely N-dealkylation sites (tertiary alicyclic amines) is 1. The van der Waals surface area contributed by atoms with Crippen LogP contribution in [0.1, 0.15) is 29.5 Å². The maximum absolute atomic E-state index is 12.8. The fraction of sp³-hybridized carbons (Fsp3) is 0.286. The molecule has 2 aromatic carbocycles. The minimum absolute atomic E-state index is 0.0765. The predicted molar refractivity (Wildman–Crippen MR) is 144 cm³/mol. The number of amides is 1. The van der Waals surface area contributed by atoms with Crippen LogP contribution in [-0.4, -0.2) is 49.4 Å². The van der Waals surface area contributed by atoms with Crippen molar-refractivity contribution in [1.29, 1.82) is 0 Å². The number of benzene rings is 2. The lowest BCUT2D eigenvalue weighted by molar-refractivity contribution is -0.113. The number of nitrogens with one attached hydrogen (secondary N) is 1. The second-order valence-electron chi connectivity index (χ2n) is 9.16. The number of aryl methyl sites for hydroxylation is 2. The Hall–Kier alpha value is -3.49. The number of pyridine rings is 1. The monoisotopic (exact) mass is 498 g/mol. The van der Waals surface area contributed by atoms with E-state index in [-0.39, 0.29) is 11.7 Å². The largest absolute Gasteiger partial charge is 0.325 e. The first-order chi connectivity index (χ1) is 17.6. The van der Waals surface area contributed by atoms with Gasteiger partial charge in [0, 0.05) is 30.2 Å². The van der Waals surface area contributed by atoms with E-state index in [1.54, 1.807) is 12.4 Å². The molecular weight excluding hydrogens is 468 g/mol. The lowest BCUT2D eigenvalue weighted by Crippen LogP contribution is -2.18. The van der Waals surface area contributed by atoms with Crippen molar-refractivity contribution in [3.8, 4) is 17.1 Å². The van der Waals surface area contributed by atoms with Gasteiger partial charge in [-0.05, 0) is 92.9 Å². The Balaban J connectivity index is 1.29. The lowest BCUT2D eigenvalue weighted by Gasteiger charge is -2.15. The quantitative estimate of drug-likeness (QED) is 0.334. The number of aromatic nitrogens is 4. The van der Waals surface area contributed by atoms with Crippen LogP contribution in [0.25, 0.3) is 17.1 Å². The van der Waals surface area contributed by atoms with Crippen molar-refractivity contribution in [2.24, 2.45) is 0 Å². The normalized spacial score (nSPS) is 13.7. The van der Waals surface area contributed by atoms with Gasteiger partial charge in [0.15, 0.2) is 11.0 Å². The smallest absolute Gasteiger partial charge is 0.234 e. The van der Waals surface area contributed by atoms with Crippen LogP contribution in [-0.2, 0) is 11.3 Å². The van der Waals surface area contributed by atoms with Gasteiger partial charge in [0.25, 0.3) is 0 Å². The minimum atomic E-state index is -0.0765. The first-order valence-corrected chi connectivity index (χ1v) is 13.2. The summed E-state index contributed by atoms with van der Waals surface area (Å²) in [6, 6.07) is 18.3. The summed E-state index contributed by atoms with van der Waals surface area (Å²) >= 11 is 1.37. The van der Waals surface area contributed by atoms with Gasteiger partial charge in [-0.2, -0.15) is 0 Å². The summed E-state index contributed by atoms with van der Waals surface area (Å²) in [5.41, 5.74) is 6.36. The molecule has 1 aliphatic rings. The topological polar surface area (TPSA) is 75.9 Å². The molecule has 7 nitrogen and oxygen atoms in total.